The predicted octanol–water partition coefficient (Wildman–Crippen LogP) is 3.15. The van der Waals surface area contributed by atoms with Crippen molar-refractivity contribution in [3.63, 3.8) is 0 Å². The van der Waals surface area contributed by atoms with Gasteiger partial charge in [0.05, 0.1) is 19.9 Å². The lowest BCUT2D eigenvalue weighted by Crippen LogP contribution is -2.33. The van der Waals surface area contributed by atoms with Crippen molar-refractivity contribution in [2.24, 2.45) is 11.1 Å². The first kappa shape index (κ1) is 18.2. The lowest BCUT2D eigenvalue weighted by molar-refractivity contribution is -0.126. The number of hydrogen-bond donors (Lipinski definition) is 0. The van der Waals surface area contributed by atoms with E-state index in [1.807, 2.05) is 36.4 Å². The Labute approximate surface area is 172 Å². The maximum absolute atomic E-state index is 13.5. The van der Waals surface area contributed by atoms with Crippen LogP contribution in [0.25, 0.3) is 10.8 Å². The minimum absolute atomic E-state index is 0.358. The highest BCUT2D eigenvalue weighted by Gasteiger charge is 2.56. The second-order valence-corrected chi connectivity index (χ2v) is 7.06. The van der Waals surface area contributed by atoms with Gasteiger partial charge in [0.2, 0.25) is 12.0 Å². The molecule has 2 heterocycles. The number of oxime groups is 1. The van der Waals surface area contributed by atoms with Crippen molar-refractivity contribution < 1.29 is 23.9 Å². The van der Waals surface area contributed by atoms with Crippen LogP contribution in [0.4, 0.5) is 5.69 Å². The van der Waals surface area contributed by atoms with E-state index >= 15 is 0 Å². The highest BCUT2D eigenvalue weighted by Crippen LogP contribution is 2.39. The third-order valence-electron chi connectivity index (χ3n) is 5.50. The average Bonchev–Trinajstić information content (AvgIpc) is 3.33. The molecule has 7 nitrogen and oxygen atoms in total. The molecule has 2 atom stereocenters. The molecule has 0 radical (unpaired) electrons. The highest BCUT2D eigenvalue weighted by molar-refractivity contribution is 6.34. The first-order valence-corrected chi connectivity index (χ1v) is 9.45. The number of carbonyl (C=O) groups excluding carboxylic acids is 2. The second-order valence-electron chi connectivity index (χ2n) is 7.06. The van der Waals surface area contributed by atoms with E-state index < -0.39 is 17.9 Å². The number of anilines is 1. The Morgan fingerprint density at radius 1 is 0.933 bits per heavy atom. The summed E-state index contributed by atoms with van der Waals surface area (Å²) in [6.45, 7) is 0. The Morgan fingerprint density at radius 3 is 2.53 bits per heavy atom. The third kappa shape index (κ3) is 2.55. The van der Waals surface area contributed by atoms with Gasteiger partial charge in [-0.25, -0.2) is 4.90 Å². The van der Waals surface area contributed by atoms with Crippen LogP contribution in [0.3, 0.4) is 0 Å². The highest BCUT2D eigenvalue weighted by atomic mass is 16.7. The topological polar surface area (TPSA) is 77.4 Å². The van der Waals surface area contributed by atoms with Gasteiger partial charge in [0, 0.05) is 10.9 Å². The number of hydrogen-bond acceptors (Lipinski definition) is 6. The summed E-state index contributed by atoms with van der Waals surface area (Å²) in [6, 6.07) is 18.4. The lowest BCUT2D eigenvalue weighted by Gasteiger charge is -2.18. The van der Waals surface area contributed by atoms with Gasteiger partial charge in [-0.1, -0.05) is 41.6 Å². The van der Waals surface area contributed by atoms with Gasteiger partial charge in [-0.3, -0.25) is 9.59 Å². The minimum atomic E-state index is -0.998. The summed E-state index contributed by atoms with van der Waals surface area (Å²) in [7, 11) is 3.08. The standard InChI is InChI=1S/C23H18N2O5/c1-28-14-10-11-18(29-2)16(12-14)20-19-21(30-24-20)23(27)25(22(19)26)17-9-5-7-13-6-3-4-8-15(13)17/h3-12,19,21H,1-2H3. The third-order valence-corrected chi connectivity index (χ3v) is 5.50. The summed E-state index contributed by atoms with van der Waals surface area (Å²) in [5, 5.41) is 5.84. The first-order chi connectivity index (χ1) is 14.6. The molecule has 2 aliphatic rings. The molecule has 150 valence electrons. The number of ether oxygens (including phenoxy) is 2. The van der Waals surface area contributed by atoms with Crippen molar-refractivity contribution in [3.05, 3.63) is 66.2 Å². The Hall–Kier alpha value is -3.87. The van der Waals surface area contributed by atoms with E-state index in [4.69, 9.17) is 14.3 Å². The van der Waals surface area contributed by atoms with Crippen molar-refractivity contribution in [1.82, 2.24) is 0 Å². The van der Waals surface area contributed by atoms with Crippen LogP contribution < -0.4 is 14.4 Å². The molecule has 1 saturated heterocycles. The van der Waals surface area contributed by atoms with Crippen LogP contribution in [0.2, 0.25) is 0 Å². The predicted molar refractivity (Wildman–Crippen MR) is 111 cm³/mol. The first-order valence-electron chi connectivity index (χ1n) is 9.45. The fraction of sp³-hybridized carbons (Fsp3) is 0.174. The van der Waals surface area contributed by atoms with Crippen LogP contribution in [0.5, 0.6) is 11.5 Å². The molecule has 2 unspecified atom stereocenters. The summed E-state index contributed by atoms with van der Waals surface area (Å²) >= 11 is 0. The lowest BCUT2D eigenvalue weighted by atomic mass is 9.93. The molecule has 0 saturated carbocycles. The molecule has 0 bridgehead atoms. The maximum Gasteiger partial charge on any atom is 0.278 e. The molecule has 0 spiro atoms. The van der Waals surface area contributed by atoms with Crippen LogP contribution in [0.15, 0.2) is 65.8 Å². The number of rotatable bonds is 4. The minimum Gasteiger partial charge on any atom is -0.497 e. The summed E-state index contributed by atoms with van der Waals surface area (Å²) < 4.78 is 10.7. The largest absolute Gasteiger partial charge is 0.497 e. The van der Waals surface area contributed by atoms with Gasteiger partial charge in [0.25, 0.3) is 5.91 Å². The number of carbonyl (C=O) groups is 2. The molecule has 2 amide bonds. The molecular formula is C23H18N2O5. The van der Waals surface area contributed by atoms with Crippen LogP contribution in [-0.2, 0) is 14.4 Å². The van der Waals surface area contributed by atoms with Crippen LogP contribution in [0, 0.1) is 5.92 Å². The van der Waals surface area contributed by atoms with Gasteiger partial charge in [-0.05, 0) is 29.7 Å². The van der Waals surface area contributed by atoms with E-state index in [0.29, 0.717) is 28.5 Å². The zero-order valence-corrected chi connectivity index (χ0v) is 16.4. The number of imide groups is 1. The van der Waals surface area contributed by atoms with Crippen LogP contribution in [0.1, 0.15) is 5.56 Å². The molecule has 5 rings (SSSR count). The zero-order valence-electron chi connectivity index (χ0n) is 16.4. The van der Waals surface area contributed by atoms with Crippen molar-refractivity contribution in [2.45, 2.75) is 6.10 Å². The Balaban J connectivity index is 1.59. The van der Waals surface area contributed by atoms with E-state index in [9.17, 15) is 9.59 Å². The van der Waals surface area contributed by atoms with E-state index in [0.717, 1.165) is 10.8 Å². The molecule has 0 N–H and O–H groups in total. The average molecular weight is 402 g/mol. The van der Waals surface area contributed by atoms with Gasteiger partial charge in [-0.15, -0.1) is 0 Å². The van der Waals surface area contributed by atoms with E-state index in [1.165, 1.54) is 12.0 Å². The van der Waals surface area contributed by atoms with Gasteiger partial charge in [-0.2, -0.15) is 0 Å². The Morgan fingerprint density at radius 2 is 1.73 bits per heavy atom. The SMILES string of the molecule is COc1ccc(OC)c(C2=NOC3C(=O)N(c4cccc5ccccc45)C(=O)C23)c1. The smallest absolute Gasteiger partial charge is 0.278 e. The van der Waals surface area contributed by atoms with Crippen molar-refractivity contribution in [2.75, 3.05) is 19.1 Å². The summed E-state index contributed by atoms with van der Waals surface area (Å²) in [5.41, 5.74) is 1.46. The molecule has 7 heteroatoms. The summed E-state index contributed by atoms with van der Waals surface area (Å²) in [6.07, 6.45) is -0.998. The number of benzene rings is 3. The van der Waals surface area contributed by atoms with Gasteiger partial charge < -0.3 is 14.3 Å². The van der Waals surface area contributed by atoms with E-state index in [1.54, 1.807) is 31.4 Å². The van der Waals surface area contributed by atoms with Gasteiger partial charge in [0.15, 0.2) is 0 Å². The zero-order chi connectivity index (χ0) is 20.8. The Kier molecular flexibility index (Phi) is 4.17. The van der Waals surface area contributed by atoms with Gasteiger partial charge >= 0.3 is 0 Å². The summed E-state index contributed by atoms with van der Waals surface area (Å²) in [4.78, 5) is 33.2. The van der Waals surface area contributed by atoms with Crippen molar-refractivity contribution >= 4 is 34.0 Å². The maximum atomic E-state index is 13.5. The quantitative estimate of drug-likeness (QED) is 0.627. The number of nitrogens with zero attached hydrogens (tertiary/aromatic N) is 2. The normalized spacial score (nSPS) is 20.2. The number of amides is 2. The van der Waals surface area contributed by atoms with Crippen LogP contribution >= 0.6 is 0 Å². The monoisotopic (exact) mass is 402 g/mol. The van der Waals surface area contributed by atoms with Crippen molar-refractivity contribution in [3.8, 4) is 11.5 Å². The van der Waals surface area contributed by atoms with Crippen LogP contribution in [-0.4, -0.2) is 37.8 Å². The molecule has 3 aromatic carbocycles. The molecule has 2 aliphatic heterocycles. The summed E-state index contributed by atoms with van der Waals surface area (Å²) in [5.74, 6) is -0.552. The molecule has 30 heavy (non-hydrogen) atoms. The number of fused-ring (bicyclic) bond motifs is 2. The molecule has 0 aliphatic carbocycles. The fourth-order valence-electron chi connectivity index (χ4n) is 4.06. The molecule has 0 aromatic heterocycles. The van der Waals surface area contributed by atoms with E-state index in [2.05, 4.69) is 5.16 Å². The van der Waals surface area contributed by atoms with Gasteiger partial charge in [0.1, 0.15) is 23.1 Å². The molecule has 3 aromatic rings. The number of methoxy groups -OCH3 is 2. The van der Waals surface area contributed by atoms with Crippen molar-refractivity contribution in [1.29, 1.82) is 0 Å². The fourth-order valence-corrected chi connectivity index (χ4v) is 4.06. The van der Waals surface area contributed by atoms with E-state index in [-0.39, 0.29) is 5.91 Å². The molecule has 1 fully saturated rings. The Bertz CT molecular complexity index is 1210. The molecular weight excluding hydrogens is 384 g/mol. The second kappa shape index (κ2) is 6.88.